The van der Waals surface area contributed by atoms with E-state index in [1.54, 1.807) is 11.8 Å². The van der Waals surface area contributed by atoms with E-state index in [0.29, 0.717) is 41.5 Å². The Bertz CT molecular complexity index is 1180. The second-order valence-electron chi connectivity index (χ2n) is 14.4. The molecule has 0 unspecified atom stereocenters. The van der Waals surface area contributed by atoms with Crippen LogP contribution in [0.25, 0.3) is 0 Å². The number of carbonyl (C=O) groups excluding carboxylic acids is 2. The fourth-order valence-electron chi connectivity index (χ4n) is 10.2. The molecule has 4 aliphatic carbocycles. The first-order valence-electron chi connectivity index (χ1n) is 15.9. The summed E-state index contributed by atoms with van der Waals surface area (Å²) >= 11 is 0. The zero-order valence-electron chi connectivity index (χ0n) is 24.6. The molecule has 218 valence electrons. The average molecular weight is 549 g/mol. The summed E-state index contributed by atoms with van der Waals surface area (Å²) in [5, 5.41) is 10.3. The van der Waals surface area contributed by atoms with Gasteiger partial charge >= 0.3 is 0 Å². The maximum atomic E-state index is 13.2. The van der Waals surface area contributed by atoms with Gasteiger partial charge in [0.2, 0.25) is 5.91 Å². The zero-order valence-corrected chi connectivity index (χ0v) is 24.6. The van der Waals surface area contributed by atoms with Gasteiger partial charge in [0.25, 0.3) is 5.91 Å². The molecule has 3 N–H and O–H groups in total. The number of fused-ring (bicyclic) bond motifs is 5. The van der Waals surface area contributed by atoms with Gasteiger partial charge in [-0.3, -0.25) is 9.59 Å². The highest BCUT2D eigenvalue weighted by atomic mass is 16.3. The van der Waals surface area contributed by atoms with Gasteiger partial charge in [0, 0.05) is 31.6 Å². The third-order valence-electron chi connectivity index (χ3n) is 12.5. The molecule has 1 aromatic heterocycles. The molecule has 7 nitrogen and oxygen atoms in total. The van der Waals surface area contributed by atoms with E-state index in [1.165, 1.54) is 38.2 Å². The van der Waals surface area contributed by atoms with Crippen LogP contribution in [0.15, 0.2) is 23.9 Å². The largest absolute Gasteiger partial charge is 0.393 e. The second kappa shape index (κ2) is 10.5. The number of allylic oxidation sites excluding steroid dienone is 1. The van der Waals surface area contributed by atoms with E-state index in [-0.39, 0.29) is 23.6 Å². The van der Waals surface area contributed by atoms with Crippen molar-refractivity contribution in [2.75, 3.05) is 13.1 Å². The molecule has 6 rings (SSSR count). The molecule has 1 saturated heterocycles. The van der Waals surface area contributed by atoms with Crippen molar-refractivity contribution in [3.63, 3.8) is 0 Å². The topological polar surface area (TPSA) is 109 Å². The first-order chi connectivity index (χ1) is 19.1. The van der Waals surface area contributed by atoms with Crippen molar-refractivity contribution in [3.05, 3.63) is 35.4 Å². The Kier molecular flexibility index (Phi) is 7.33. The summed E-state index contributed by atoms with van der Waals surface area (Å²) in [5.41, 5.74) is 7.84. The molecule has 4 fully saturated rings. The highest BCUT2D eigenvalue weighted by Crippen LogP contribution is 2.67. The van der Waals surface area contributed by atoms with Crippen LogP contribution in [-0.2, 0) is 4.79 Å². The Morgan fingerprint density at radius 1 is 1.15 bits per heavy atom. The van der Waals surface area contributed by atoms with E-state index >= 15 is 0 Å². The molecule has 0 aromatic carbocycles. The summed E-state index contributed by atoms with van der Waals surface area (Å²) in [4.78, 5) is 35.4. The standard InChI is InChI=1S/C33H48N4O3/c1-20(4-9-29(39)37-17-13-21(19-37)31-35-16-12-28(36-31)30(34)40)25-7-8-26-24-6-5-22-18-23(38)10-14-32(22,2)27(24)11-15-33(25,26)3/h5,12,16,20-21,23-27,38H,4,6-11,13-15,17-19H2,1-3H3,(H2,34,40)/t20-,21+,23+,24+,25-,26+,27+,32+,33-/m1/s1. The van der Waals surface area contributed by atoms with Crippen molar-refractivity contribution in [1.82, 2.24) is 14.9 Å². The molecular weight excluding hydrogens is 500 g/mol. The van der Waals surface area contributed by atoms with Gasteiger partial charge in [-0.1, -0.05) is 32.4 Å². The van der Waals surface area contributed by atoms with Crippen molar-refractivity contribution < 1.29 is 14.7 Å². The van der Waals surface area contributed by atoms with E-state index in [9.17, 15) is 14.7 Å². The van der Waals surface area contributed by atoms with Gasteiger partial charge in [-0.25, -0.2) is 9.97 Å². The van der Waals surface area contributed by atoms with Gasteiger partial charge in [0.15, 0.2) is 0 Å². The quantitative estimate of drug-likeness (QED) is 0.472. The number of nitrogens with two attached hydrogens (primary N) is 1. The first kappa shape index (κ1) is 27.9. The Morgan fingerprint density at radius 2 is 1.98 bits per heavy atom. The fourth-order valence-corrected chi connectivity index (χ4v) is 10.2. The minimum Gasteiger partial charge on any atom is -0.393 e. The summed E-state index contributed by atoms with van der Waals surface area (Å²) in [7, 11) is 0. The van der Waals surface area contributed by atoms with Gasteiger partial charge in [-0.05, 0) is 111 Å². The predicted octanol–water partition coefficient (Wildman–Crippen LogP) is 5.25. The van der Waals surface area contributed by atoms with Crippen molar-refractivity contribution in [3.8, 4) is 0 Å². The number of amides is 2. The molecule has 2 heterocycles. The first-order valence-corrected chi connectivity index (χ1v) is 15.9. The van der Waals surface area contributed by atoms with Crippen LogP contribution in [0, 0.1) is 40.4 Å². The van der Waals surface area contributed by atoms with Crippen LogP contribution < -0.4 is 5.73 Å². The van der Waals surface area contributed by atoms with Gasteiger partial charge in [-0.15, -0.1) is 0 Å². The van der Waals surface area contributed by atoms with Crippen LogP contribution in [0.3, 0.4) is 0 Å². The molecule has 1 aromatic rings. The number of carbonyl (C=O) groups is 2. The maximum absolute atomic E-state index is 13.2. The predicted molar refractivity (Wildman–Crippen MR) is 154 cm³/mol. The second-order valence-corrected chi connectivity index (χ2v) is 14.4. The summed E-state index contributed by atoms with van der Waals surface area (Å²) in [6, 6.07) is 1.54. The number of aliphatic hydroxyl groups excluding tert-OH is 1. The summed E-state index contributed by atoms with van der Waals surface area (Å²) in [6.07, 6.45) is 15.8. The van der Waals surface area contributed by atoms with Crippen LogP contribution in [-0.4, -0.2) is 51.0 Å². The van der Waals surface area contributed by atoms with Crippen molar-refractivity contribution in [2.45, 2.75) is 103 Å². The summed E-state index contributed by atoms with van der Waals surface area (Å²) in [5.74, 6) is 3.92. The Morgan fingerprint density at radius 3 is 2.77 bits per heavy atom. The van der Waals surface area contributed by atoms with Gasteiger partial charge in [-0.2, -0.15) is 0 Å². The number of aromatic nitrogens is 2. The van der Waals surface area contributed by atoms with Gasteiger partial charge < -0.3 is 15.7 Å². The van der Waals surface area contributed by atoms with E-state index < -0.39 is 5.91 Å². The number of hydrogen-bond donors (Lipinski definition) is 2. The maximum Gasteiger partial charge on any atom is 0.267 e. The number of primary amides is 1. The van der Waals surface area contributed by atoms with E-state index in [4.69, 9.17) is 5.73 Å². The smallest absolute Gasteiger partial charge is 0.267 e. The van der Waals surface area contributed by atoms with E-state index in [0.717, 1.165) is 56.4 Å². The Labute approximate surface area is 239 Å². The van der Waals surface area contributed by atoms with Crippen LogP contribution in [0.5, 0.6) is 0 Å². The lowest BCUT2D eigenvalue weighted by molar-refractivity contribution is -0.130. The average Bonchev–Trinajstić information content (AvgIpc) is 3.57. The SMILES string of the molecule is C[C@H](CCC(=O)N1CC[C@H](c2nccc(C(N)=O)n2)C1)[C@H]1CC[C@H]2[C@@H]3CC=C4C[C@@H](O)CC[C@]4(C)[C@H]3CC[C@]12C. The van der Waals surface area contributed by atoms with E-state index in [2.05, 4.69) is 36.8 Å². The Hall–Kier alpha value is -2.28. The van der Waals surface area contributed by atoms with Crippen molar-refractivity contribution in [1.29, 1.82) is 0 Å². The number of aliphatic hydroxyl groups is 1. The molecule has 5 aliphatic rings. The minimum atomic E-state index is -0.548. The summed E-state index contributed by atoms with van der Waals surface area (Å²) < 4.78 is 0. The molecular formula is C33H48N4O3. The molecule has 0 spiro atoms. The van der Waals surface area contributed by atoms with Crippen LogP contribution in [0.4, 0.5) is 0 Å². The van der Waals surface area contributed by atoms with Crippen molar-refractivity contribution in [2.24, 2.45) is 46.2 Å². The molecule has 7 heteroatoms. The molecule has 3 saturated carbocycles. The van der Waals surface area contributed by atoms with Crippen LogP contribution in [0.2, 0.25) is 0 Å². The lowest BCUT2D eigenvalue weighted by Gasteiger charge is -2.58. The molecule has 1 aliphatic heterocycles. The van der Waals surface area contributed by atoms with Crippen LogP contribution in [0.1, 0.15) is 114 Å². The molecule has 2 amide bonds. The third kappa shape index (κ3) is 4.70. The third-order valence-corrected chi connectivity index (χ3v) is 12.5. The summed E-state index contributed by atoms with van der Waals surface area (Å²) in [6.45, 7) is 8.83. The number of hydrogen-bond acceptors (Lipinski definition) is 5. The zero-order chi connectivity index (χ0) is 28.2. The van der Waals surface area contributed by atoms with Gasteiger partial charge in [0.1, 0.15) is 11.5 Å². The van der Waals surface area contributed by atoms with Crippen LogP contribution >= 0.6 is 0 Å². The van der Waals surface area contributed by atoms with E-state index in [1.807, 2.05) is 4.90 Å². The normalized spacial score (nSPS) is 39.6. The lowest BCUT2D eigenvalue weighted by atomic mass is 9.47. The number of nitrogens with zero attached hydrogens (tertiary/aromatic N) is 3. The molecule has 0 bridgehead atoms. The monoisotopic (exact) mass is 548 g/mol. The highest BCUT2D eigenvalue weighted by molar-refractivity contribution is 5.90. The molecule has 0 radical (unpaired) electrons. The number of rotatable bonds is 6. The Balaban J connectivity index is 1.06. The fraction of sp³-hybridized carbons (Fsp3) is 0.758. The number of likely N-dealkylation sites (tertiary alicyclic amines) is 1. The lowest BCUT2D eigenvalue weighted by Crippen LogP contribution is -2.50. The minimum absolute atomic E-state index is 0.0599. The highest BCUT2D eigenvalue weighted by Gasteiger charge is 2.59. The van der Waals surface area contributed by atoms with Gasteiger partial charge in [0.05, 0.1) is 6.10 Å². The molecule has 40 heavy (non-hydrogen) atoms. The molecule has 9 atom stereocenters. The van der Waals surface area contributed by atoms with Crippen molar-refractivity contribution >= 4 is 11.8 Å².